The summed E-state index contributed by atoms with van der Waals surface area (Å²) in [4.78, 5) is 13.2. The number of halogens is 1. The van der Waals surface area contributed by atoms with Crippen molar-refractivity contribution in [3.8, 4) is 0 Å². The maximum absolute atomic E-state index is 12.2. The first-order valence-corrected chi connectivity index (χ1v) is 11.3. The molecule has 3 rings (SSSR count). The van der Waals surface area contributed by atoms with Crippen molar-refractivity contribution in [2.45, 2.75) is 11.8 Å². The highest BCUT2D eigenvalue weighted by Crippen LogP contribution is 2.15. The largest absolute Gasteiger partial charge is 0.368 e. The van der Waals surface area contributed by atoms with E-state index >= 15 is 0 Å². The predicted octanol–water partition coefficient (Wildman–Crippen LogP) is 1.77. The fourth-order valence-electron chi connectivity index (χ4n) is 3.17. The van der Waals surface area contributed by atoms with Crippen molar-refractivity contribution in [3.63, 3.8) is 0 Å². The summed E-state index contributed by atoms with van der Waals surface area (Å²) in [6.07, 6.45) is 2.88. The van der Waals surface area contributed by atoms with E-state index in [0.29, 0.717) is 6.54 Å². The number of nitrogens with one attached hydrogen (secondary N) is 2. The van der Waals surface area contributed by atoms with E-state index in [1.807, 2.05) is 13.0 Å². The minimum atomic E-state index is -3.56. The van der Waals surface area contributed by atoms with E-state index in [0.717, 1.165) is 38.7 Å². The molecule has 1 saturated heterocycles. The molecule has 0 bridgehead atoms. The van der Waals surface area contributed by atoms with Gasteiger partial charge in [0.2, 0.25) is 10.0 Å². The molecule has 1 aliphatic heterocycles. The molecule has 164 valence electrons. The minimum Gasteiger partial charge on any atom is -0.368 e. The minimum absolute atomic E-state index is 0. The molecule has 8 nitrogen and oxygen atoms in total. The van der Waals surface area contributed by atoms with E-state index in [4.69, 9.17) is 0 Å². The zero-order chi connectivity index (χ0) is 20.5. The summed E-state index contributed by atoms with van der Waals surface area (Å²) >= 11 is 0. The maximum Gasteiger partial charge on any atom is 0.242 e. The smallest absolute Gasteiger partial charge is 0.242 e. The summed E-state index contributed by atoms with van der Waals surface area (Å²) in [5, 5.41) is 3.31. The molecule has 2 heterocycles. The van der Waals surface area contributed by atoms with Gasteiger partial charge in [-0.2, -0.15) is 0 Å². The summed E-state index contributed by atoms with van der Waals surface area (Å²) in [6.45, 7) is 6.95. The Morgan fingerprint density at radius 3 is 2.47 bits per heavy atom. The first-order chi connectivity index (χ1) is 14.1. The van der Waals surface area contributed by atoms with E-state index in [1.54, 1.807) is 12.3 Å². The number of pyridine rings is 1. The molecule has 2 N–H and O–H groups in total. The predicted molar refractivity (Wildman–Crippen MR) is 131 cm³/mol. The number of benzene rings is 1. The number of guanidine groups is 1. The van der Waals surface area contributed by atoms with Crippen LogP contribution in [-0.4, -0.2) is 70.1 Å². The fraction of sp³-hybridized carbons (Fsp3) is 0.400. The normalized spacial score (nSPS) is 14.9. The van der Waals surface area contributed by atoms with Crippen molar-refractivity contribution in [1.29, 1.82) is 0 Å². The van der Waals surface area contributed by atoms with E-state index in [2.05, 4.69) is 54.1 Å². The Morgan fingerprint density at radius 2 is 1.83 bits per heavy atom. The number of aromatic nitrogens is 1. The summed E-state index contributed by atoms with van der Waals surface area (Å²) < 4.78 is 27.1. The van der Waals surface area contributed by atoms with Gasteiger partial charge in [-0.25, -0.2) is 13.1 Å². The fourth-order valence-corrected chi connectivity index (χ4v) is 4.16. The van der Waals surface area contributed by atoms with Gasteiger partial charge in [0.25, 0.3) is 0 Å². The van der Waals surface area contributed by atoms with Gasteiger partial charge in [0.1, 0.15) is 4.90 Å². The van der Waals surface area contributed by atoms with E-state index in [9.17, 15) is 8.42 Å². The number of nitrogens with zero attached hydrogens (tertiary/aromatic N) is 4. The lowest BCUT2D eigenvalue weighted by Gasteiger charge is -2.37. The topological polar surface area (TPSA) is 89.9 Å². The Bertz CT molecular complexity index is 888. The average molecular weight is 544 g/mol. The molecular formula is C20H29IN6O2S. The van der Waals surface area contributed by atoms with Gasteiger partial charge in [-0.15, -0.1) is 24.0 Å². The molecule has 0 spiro atoms. The monoisotopic (exact) mass is 544 g/mol. The van der Waals surface area contributed by atoms with Crippen LogP contribution in [0.25, 0.3) is 0 Å². The van der Waals surface area contributed by atoms with Crippen LogP contribution in [0.5, 0.6) is 0 Å². The lowest BCUT2D eigenvalue weighted by Crippen LogP contribution is -2.52. The molecule has 1 aromatic carbocycles. The number of sulfonamides is 1. The standard InChI is InChI=1S/C20H28N6O2S.HI/c1-2-22-20(23-11-12-24-29(27,28)19-9-6-10-21-17-19)26-15-13-25(14-16-26)18-7-4-3-5-8-18;/h3-10,17,24H,2,11-16H2,1H3,(H,22,23);1H. The maximum atomic E-state index is 12.2. The molecule has 1 fully saturated rings. The van der Waals surface area contributed by atoms with Crippen LogP contribution in [0.2, 0.25) is 0 Å². The van der Waals surface area contributed by atoms with Crippen LogP contribution in [-0.2, 0) is 10.0 Å². The van der Waals surface area contributed by atoms with E-state index in [1.165, 1.54) is 18.0 Å². The van der Waals surface area contributed by atoms with Gasteiger partial charge >= 0.3 is 0 Å². The van der Waals surface area contributed by atoms with Gasteiger partial charge < -0.3 is 15.1 Å². The number of para-hydroxylation sites is 1. The number of aliphatic imine (C=N–C) groups is 1. The van der Waals surface area contributed by atoms with Gasteiger partial charge in [-0.05, 0) is 31.2 Å². The van der Waals surface area contributed by atoms with Crippen LogP contribution in [0.15, 0.2) is 64.7 Å². The van der Waals surface area contributed by atoms with Gasteiger partial charge in [0, 0.05) is 57.3 Å². The number of piperazine rings is 1. The zero-order valence-corrected chi connectivity index (χ0v) is 20.2. The summed E-state index contributed by atoms with van der Waals surface area (Å²) in [7, 11) is -3.56. The Morgan fingerprint density at radius 1 is 1.10 bits per heavy atom. The second kappa shape index (κ2) is 12.1. The first-order valence-electron chi connectivity index (χ1n) is 9.83. The van der Waals surface area contributed by atoms with Gasteiger partial charge in [0.15, 0.2) is 5.96 Å². The van der Waals surface area contributed by atoms with Crippen molar-refractivity contribution in [3.05, 3.63) is 54.9 Å². The second-order valence-corrected chi connectivity index (χ2v) is 8.40. The van der Waals surface area contributed by atoms with Gasteiger partial charge in [-0.1, -0.05) is 18.2 Å². The van der Waals surface area contributed by atoms with Crippen LogP contribution in [0.3, 0.4) is 0 Å². The third kappa shape index (κ3) is 6.81. The van der Waals surface area contributed by atoms with Crippen LogP contribution in [0.4, 0.5) is 5.69 Å². The molecule has 10 heteroatoms. The Labute approximate surface area is 195 Å². The quantitative estimate of drug-likeness (QED) is 0.239. The number of anilines is 1. The number of hydrogen-bond donors (Lipinski definition) is 2. The van der Waals surface area contributed by atoms with Crippen LogP contribution < -0.4 is 14.9 Å². The number of rotatable bonds is 7. The first kappa shape index (κ1) is 24.4. The molecule has 1 aliphatic rings. The molecule has 0 saturated carbocycles. The van der Waals surface area contributed by atoms with Crippen LogP contribution in [0.1, 0.15) is 6.92 Å². The second-order valence-electron chi connectivity index (χ2n) is 6.63. The van der Waals surface area contributed by atoms with Crippen LogP contribution >= 0.6 is 24.0 Å². The highest BCUT2D eigenvalue weighted by Gasteiger charge is 2.20. The molecule has 0 radical (unpaired) electrons. The Hall–Kier alpha value is -1.92. The summed E-state index contributed by atoms with van der Waals surface area (Å²) in [5.41, 5.74) is 1.24. The van der Waals surface area contributed by atoms with Crippen molar-refractivity contribution in [1.82, 2.24) is 19.9 Å². The molecule has 0 atom stereocenters. The lowest BCUT2D eigenvalue weighted by molar-refractivity contribution is 0.372. The molecule has 2 aromatic rings. The lowest BCUT2D eigenvalue weighted by atomic mass is 10.2. The van der Waals surface area contributed by atoms with Gasteiger partial charge in [-0.3, -0.25) is 9.98 Å². The zero-order valence-electron chi connectivity index (χ0n) is 17.1. The van der Waals surface area contributed by atoms with E-state index < -0.39 is 10.0 Å². The summed E-state index contributed by atoms with van der Waals surface area (Å²) in [5.74, 6) is 0.820. The SMILES string of the molecule is CCNC(=NCCNS(=O)(=O)c1cccnc1)N1CCN(c2ccccc2)CC1.I. The van der Waals surface area contributed by atoms with Gasteiger partial charge in [0.05, 0.1) is 6.54 Å². The molecule has 0 aliphatic carbocycles. The Kier molecular flexibility index (Phi) is 9.79. The Balaban J connectivity index is 0.00000320. The molecular weight excluding hydrogens is 515 g/mol. The summed E-state index contributed by atoms with van der Waals surface area (Å²) in [6, 6.07) is 13.5. The average Bonchev–Trinajstić information content (AvgIpc) is 2.77. The highest BCUT2D eigenvalue weighted by atomic mass is 127. The third-order valence-corrected chi connectivity index (χ3v) is 6.09. The van der Waals surface area contributed by atoms with Crippen molar-refractivity contribution >= 4 is 45.6 Å². The van der Waals surface area contributed by atoms with E-state index in [-0.39, 0.29) is 35.4 Å². The molecule has 1 aromatic heterocycles. The van der Waals surface area contributed by atoms with Crippen molar-refractivity contribution < 1.29 is 8.42 Å². The molecule has 0 unspecified atom stereocenters. The highest BCUT2D eigenvalue weighted by molar-refractivity contribution is 14.0. The third-order valence-electron chi connectivity index (χ3n) is 4.65. The van der Waals surface area contributed by atoms with Crippen molar-refractivity contribution in [2.24, 2.45) is 4.99 Å². The van der Waals surface area contributed by atoms with Crippen LogP contribution in [0, 0.1) is 0 Å². The molecule has 0 amide bonds. The number of hydrogen-bond acceptors (Lipinski definition) is 5. The van der Waals surface area contributed by atoms with Crippen molar-refractivity contribution in [2.75, 3.05) is 50.7 Å². The molecule has 30 heavy (non-hydrogen) atoms.